The number of rotatable bonds is 5. The molecule has 0 fully saturated rings. The molecule has 7 nitrogen and oxygen atoms in total. The smallest absolute Gasteiger partial charge is 0.248 e. The van der Waals surface area contributed by atoms with Crippen LogP contribution in [0.25, 0.3) is 0 Å². The Kier molecular flexibility index (Phi) is 5.26. The van der Waals surface area contributed by atoms with E-state index in [0.29, 0.717) is 0 Å². The van der Waals surface area contributed by atoms with Gasteiger partial charge in [0.1, 0.15) is 16.4 Å². The molecular weight excluding hydrogens is 361 g/mol. The van der Waals surface area contributed by atoms with E-state index in [1.54, 1.807) is 0 Å². The van der Waals surface area contributed by atoms with Gasteiger partial charge >= 0.3 is 0 Å². The molecule has 0 bridgehead atoms. The SMILES string of the molecule is Cc1noc(C)c1S(=O)(=O)N(C)CC(=O)Nc1ccc(F)c(Cl)c1. The number of amides is 1. The molecular formula is C14H15ClFN3O4S. The molecule has 0 radical (unpaired) electrons. The zero-order valence-electron chi connectivity index (χ0n) is 13.1. The number of halogens is 2. The minimum Gasteiger partial charge on any atom is -0.360 e. The standard InChI is InChI=1S/C14H15ClFN3O4S/c1-8-14(9(2)23-18-8)24(21,22)19(3)7-13(20)17-10-4-5-12(16)11(15)6-10/h4-6H,7H2,1-3H3,(H,17,20). The number of aromatic nitrogens is 1. The lowest BCUT2D eigenvalue weighted by Crippen LogP contribution is -2.35. The van der Waals surface area contributed by atoms with Gasteiger partial charge in [-0.1, -0.05) is 16.8 Å². The number of likely N-dealkylation sites (N-methyl/N-ethyl adjacent to an activating group) is 1. The maximum atomic E-state index is 13.1. The van der Waals surface area contributed by atoms with Crippen LogP contribution in [0, 0.1) is 19.7 Å². The van der Waals surface area contributed by atoms with Gasteiger partial charge in [0, 0.05) is 12.7 Å². The number of aryl methyl sites for hydroxylation is 2. The van der Waals surface area contributed by atoms with E-state index < -0.39 is 28.3 Å². The van der Waals surface area contributed by atoms with E-state index in [4.69, 9.17) is 16.1 Å². The van der Waals surface area contributed by atoms with Crippen LogP contribution in [0.5, 0.6) is 0 Å². The van der Waals surface area contributed by atoms with Crippen molar-refractivity contribution in [3.05, 3.63) is 40.5 Å². The lowest BCUT2D eigenvalue weighted by atomic mass is 10.3. The molecule has 1 aromatic heterocycles. The zero-order valence-corrected chi connectivity index (χ0v) is 14.7. The third kappa shape index (κ3) is 3.74. The molecule has 0 saturated carbocycles. The van der Waals surface area contributed by atoms with Crippen LogP contribution in [-0.4, -0.2) is 37.4 Å². The summed E-state index contributed by atoms with van der Waals surface area (Å²) in [5, 5.41) is 5.90. The Bertz CT molecular complexity index is 863. The van der Waals surface area contributed by atoms with Crippen LogP contribution in [0.1, 0.15) is 11.5 Å². The number of carbonyl (C=O) groups excluding carboxylic acids is 1. The highest BCUT2D eigenvalue weighted by Crippen LogP contribution is 2.23. The minimum atomic E-state index is -3.93. The molecule has 1 aromatic carbocycles. The summed E-state index contributed by atoms with van der Waals surface area (Å²) in [6.07, 6.45) is 0. The molecule has 0 aliphatic carbocycles. The molecule has 1 amide bonds. The number of hydrogen-bond donors (Lipinski definition) is 1. The number of hydrogen-bond acceptors (Lipinski definition) is 5. The third-order valence-corrected chi connectivity index (χ3v) is 5.54. The fourth-order valence-corrected chi connectivity index (χ4v) is 3.65. The Hall–Kier alpha value is -1.97. The van der Waals surface area contributed by atoms with Crippen LogP contribution in [-0.2, 0) is 14.8 Å². The molecule has 1 N–H and O–H groups in total. The molecule has 10 heteroatoms. The van der Waals surface area contributed by atoms with Gasteiger partial charge in [-0.2, -0.15) is 4.31 Å². The van der Waals surface area contributed by atoms with Crippen molar-refractivity contribution >= 4 is 33.2 Å². The van der Waals surface area contributed by atoms with E-state index in [-0.39, 0.29) is 27.1 Å². The average Bonchev–Trinajstić information content (AvgIpc) is 2.82. The summed E-state index contributed by atoms with van der Waals surface area (Å²) in [7, 11) is -2.67. The van der Waals surface area contributed by atoms with Crippen molar-refractivity contribution in [1.29, 1.82) is 0 Å². The number of carbonyl (C=O) groups is 1. The Morgan fingerprint density at radius 3 is 2.62 bits per heavy atom. The second-order valence-electron chi connectivity index (χ2n) is 5.09. The lowest BCUT2D eigenvalue weighted by molar-refractivity contribution is -0.116. The first kappa shape index (κ1) is 18.4. The number of nitrogens with zero attached hydrogens (tertiary/aromatic N) is 2. The Morgan fingerprint density at radius 1 is 1.42 bits per heavy atom. The molecule has 0 aliphatic heterocycles. The van der Waals surface area contributed by atoms with Gasteiger partial charge in [-0.15, -0.1) is 0 Å². The molecule has 2 rings (SSSR count). The summed E-state index contributed by atoms with van der Waals surface area (Å²) >= 11 is 5.63. The lowest BCUT2D eigenvalue weighted by Gasteiger charge is -2.16. The quantitative estimate of drug-likeness (QED) is 0.865. The van der Waals surface area contributed by atoms with Crippen LogP contribution in [0.4, 0.5) is 10.1 Å². The van der Waals surface area contributed by atoms with Crippen molar-refractivity contribution < 1.29 is 22.1 Å². The van der Waals surface area contributed by atoms with E-state index in [1.807, 2.05) is 0 Å². The molecule has 2 aromatic rings. The van der Waals surface area contributed by atoms with Crippen molar-refractivity contribution in [2.24, 2.45) is 0 Å². The summed E-state index contributed by atoms with van der Waals surface area (Å²) in [6, 6.07) is 3.65. The third-order valence-electron chi connectivity index (χ3n) is 3.21. The van der Waals surface area contributed by atoms with Gasteiger partial charge in [0.25, 0.3) is 0 Å². The Labute approximate surface area is 143 Å². The first-order valence-electron chi connectivity index (χ1n) is 6.77. The van der Waals surface area contributed by atoms with Crippen molar-refractivity contribution in [2.45, 2.75) is 18.7 Å². The molecule has 0 aliphatic rings. The highest BCUT2D eigenvalue weighted by Gasteiger charge is 2.29. The number of anilines is 1. The summed E-state index contributed by atoms with van der Waals surface area (Å²) in [5.74, 6) is -1.08. The number of nitrogens with one attached hydrogen (secondary N) is 1. The molecule has 0 unspecified atom stereocenters. The second kappa shape index (κ2) is 6.88. The van der Waals surface area contributed by atoms with Crippen LogP contribution in [0.15, 0.2) is 27.6 Å². The van der Waals surface area contributed by atoms with Crippen molar-refractivity contribution in [3.63, 3.8) is 0 Å². The van der Waals surface area contributed by atoms with Crippen molar-refractivity contribution in [3.8, 4) is 0 Å². The predicted octanol–water partition coefficient (Wildman–Crippen LogP) is 2.34. The first-order chi connectivity index (χ1) is 11.1. The topological polar surface area (TPSA) is 92.5 Å². The molecule has 0 spiro atoms. The Morgan fingerprint density at radius 2 is 2.08 bits per heavy atom. The van der Waals surface area contributed by atoms with E-state index in [2.05, 4.69) is 10.5 Å². The average molecular weight is 376 g/mol. The number of sulfonamides is 1. The normalized spacial score (nSPS) is 11.8. The number of benzene rings is 1. The monoisotopic (exact) mass is 375 g/mol. The second-order valence-corrected chi connectivity index (χ2v) is 7.48. The predicted molar refractivity (Wildman–Crippen MR) is 85.8 cm³/mol. The highest BCUT2D eigenvalue weighted by molar-refractivity contribution is 7.89. The van der Waals surface area contributed by atoms with Crippen molar-refractivity contribution in [2.75, 3.05) is 18.9 Å². The summed E-state index contributed by atoms with van der Waals surface area (Å²) in [4.78, 5) is 11.9. The van der Waals surface area contributed by atoms with Crippen LogP contribution < -0.4 is 5.32 Å². The largest absolute Gasteiger partial charge is 0.360 e. The van der Waals surface area contributed by atoms with Gasteiger partial charge in [-0.3, -0.25) is 4.79 Å². The fourth-order valence-electron chi connectivity index (χ4n) is 2.06. The summed E-state index contributed by atoms with van der Waals surface area (Å²) in [6.45, 7) is 2.53. The van der Waals surface area contributed by atoms with Crippen LogP contribution in [0.2, 0.25) is 5.02 Å². The summed E-state index contributed by atoms with van der Waals surface area (Å²) < 4.78 is 43.8. The van der Waals surface area contributed by atoms with Gasteiger partial charge in [0.15, 0.2) is 5.76 Å². The summed E-state index contributed by atoms with van der Waals surface area (Å²) in [5.41, 5.74) is 0.472. The Balaban J connectivity index is 2.12. The van der Waals surface area contributed by atoms with Gasteiger partial charge < -0.3 is 9.84 Å². The molecule has 130 valence electrons. The minimum absolute atomic E-state index is 0.0670. The van der Waals surface area contributed by atoms with Crippen LogP contribution >= 0.6 is 11.6 Å². The van der Waals surface area contributed by atoms with Gasteiger partial charge in [0.05, 0.1) is 11.6 Å². The highest BCUT2D eigenvalue weighted by atomic mass is 35.5. The van der Waals surface area contributed by atoms with E-state index in [1.165, 1.54) is 33.0 Å². The maximum absolute atomic E-state index is 13.1. The molecule has 0 saturated heterocycles. The van der Waals surface area contributed by atoms with E-state index >= 15 is 0 Å². The first-order valence-corrected chi connectivity index (χ1v) is 8.59. The van der Waals surface area contributed by atoms with Crippen molar-refractivity contribution in [1.82, 2.24) is 9.46 Å². The van der Waals surface area contributed by atoms with E-state index in [0.717, 1.165) is 10.4 Å². The fraction of sp³-hybridized carbons (Fsp3) is 0.286. The van der Waals surface area contributed by atoms with Gasteiger partial charge in [-0.25, -0.2) is 12.8 Å². The van der Waals surface area contributed by atoms with Crippen LogP contribution in [0.3, 0.4) is 0 Å². The van der Waals surface area contributed by atoms with E-state index in [9.17, 15) is 17.6 Å². The van der Waals surface area contributed by atoms with Gasteiger partial charge in [-0.05, 0) is 32.0 Å². The van der Waals surface area contributed by atoms with Gasteiger partial charge in [0.2, 0.25) is 15.9 Å². The zero-order chi connectivity index (χ0) is 18.1. The molecule has 0 atom stereocenters. The maximum Gasteiger partial charge on any atom is 0.248 e. The molecule has 24 heavy (non-hydrogen) atoms. The molecule has 1 heterocycles.